The molecule has 4 atom stereocenters. The van der Waals surface area contributed by atoms with E-state index < -0.39 is 30.5 Å². The van der Waals surface area contributed by atoms with E-state index in [4.69, 9.17) is 16.3 Å². The number of benzene rings is 1. The van der Waals surface area contributed by atoms with E-state index in [1.54, 1.807) is 48.1 Å². The van der Waals surface area contributed by atoms with Crippen LogP contribution in [0.15, 0.2) is 48.9 Å². The Hall–Kier alpha value is -1.91. The first-order valence-corrected chi connectivity index (χ1v) is 10.6. The van der Waals surface area contributed by atoms with Gasteiger partial charge in [-0.1, -0.05) is 23.7 Å². The summed E-state index contributed by atoms with van der Waals surface area (Å²) in [6, 6.07) is 8.82. The minimum absolute atomic E-state index is 0.171. The summed E-state index contributed by atoms with van der Waals surface area (Å²) in [5.74, 6) is 0. The third-order valence-electron chi connectivity index (χ3n) is 5.29. The molecule has 0 aliphatic carbocycles. The monoisotopic (exact) mass is 448 g/mol. The highest BCUT2D eigenvalue weighted by Crippen LogP contribution is 2.38. The largest absolute Gasteiger partial charge is 0.394 e. The topological polar surface area (TPSA) is 116 Å². The molecule has 0 radical (unpaired) electrons. The summed E-state index contributed by atoms with van der Waals surface area (Å²) >= 11 is 7.96. The molecule has 1 aromatic carbocycles. The fourth-order valence-electron chi connectivity index (χ4n) is 3.65. The van der Waals surface area contributed by atoms with Gasteiger partial charge in [-0.05, 0) is 29.3 Å². The number of hydrogen-bond donors (Lipinski definition) is 4. The van der Waals surface area contributed by atoms with Crippen LogP contribution >= 0.6 is 22.9 Å². The van der Waals surface area contributed by atoms with Crippen molar-refractivity contribution in [3.05, 3.63) is 69.9 Å². The highest BCUT2D eigenvalue weighted by molar-refractivity contribution is 7.15. The average Bonchev–Trinajstić information content (AvgIpc) is 3.23. The molecule has 7 nitrogen and oxygen atoms in total. The van der Waals surface area contributed by atoms with Gasteiger partial charge in [0, 0.05) is 28.7 Å². The summed E-state index contributed by atoms with van der Waals surface area (Å²) < 4.78 is 5.37. The normalized spacial score (nSPS) is 26.6. The quantitative estimate of drug-likeness (QED) is 0.470. The van der Waals surface area contributed by atoms with Gasteiger partial charge in [0.05, 0.1) is 30.0 Å². The number of thiophene rings is 1. The van der Waals surface area contributed by atoms with Gasteiger partial charge in [-0.25, -0.2) is 0 Å². The van der Waals surface area contributed by atoms with Crippen LogP contribution in [0.4, 0.5) is 0 Å². The first-order chi connectivity index (χ1) is 14.4. The molecule has 9 heteroatoms. The molecule has 0 saturated carbocycles. The van der Waals surface area contributed by atoms with E-state index in [2.05, 4.69) is 9.97 Å². The van der Waals surface area contributed by atoms with Gasteiger partial charge in [-0.2, -0.15) is 0 Å². The van der Waals surface area contributed by atoms with Crippen molar-refractivity contribution in [3.8, 4) is 10.6 Å². The molecule has 0 spiro atoms. The molecule has 0 bridgehead atoms. The van der Waals surface area contributed by atoms with E-state index in [1.165, 1.54) is 0 Å². The molecule has 1 aliphatic rings. The zero-order valence-corrected chi connectivity index (χ0v) is 17.4. The Balaban J connectivity index is 1.65. The number of aromatic nitrogens is 2. The third-order valence-corrected chi connectivity index (χ3v) is 6.77. The molecule has 0 amide bonds. The second kappa shape index (κ2) is 8.68. The summed E-state index contributed by atoms with van der Waals surface area (Å²) in [6.07, 6.45) is 1.59. The van der Waals surface area contributed by atoms with Gasteiger partial charge in [-0.3, -0.25) is 9.97 Å². The molecule has 3 heterocycles. The van der Waals surface area contributed by atoms with Crippen LogP contribution in [0, 0.1) is 0 Å². The van der Waals surface area contributed by atoms with Crippen LogP contribution in [-0.4, -0.2) is 61.9 Å². The number of hydrogen-bond acceptors (Lipinski definition) is 8. The molecule has 4 rings (SSSR count). The molecular weight excluding hydrogens is 428 g/mol. The SMILES string of the molecule is OC[C@H]1OC[C@H](O)[C@@H](O)[C@]1(O)c1ccc(Cl)c(Cc2ccc(-c3cnccn3)s2)c1. The lowest BCUT2D eigenvalue weighted by molar-refractivity contribution is -0.255. The smallest absolute Gasteiger partial charge is 0.146 e. The number of rotatable bonds is 5. The van der Waals surface area contributed by atoms with Crippen LogP contribution in [0.5, 0.6) is 0 Å². The molecule has 1 fully saturated rings. The van der Waals surface area contributed by atoms with Crippen LogP contribution in [0.3, 0.4) is 0 Å². The van der Waals surface area contributed by atoms with Gasteiger partial charge >= 0.3 is 0 Å². The zero-order valence-electron chi connectivity index (χ0n) is 15.8. The van der Waals surface area contributed by atoms with E-state index in [9.17, 15) is 20.4 Å². The molecular formula is C21H21ClN2O5S. The Morgan fingerprint density at radius 1 is 1.20 bits per heavy atom. The predicted octanol–water partition coefficient (Wildman–Crippen LogP) is 1.75. The minimum Gasteiger partial charge on any atom is -0.394 e. The summed E-state index contributed by atoms with van der Waals surface area (Å²) in [6.45, 7) is -0.680. The molecule has 2 aromatic heterocycles. The Bertz CT molecular complexity index is 1010. The molecule has 1 saturated heterocycles. The molecule has 4 N–H and O–H groups in total. The molecule has 0 unspecified atom stereocenters. The van der Waals surface area contributed by atoms with E-state index >= 15 is 0 Å². The van der Waals surface area contributed by atoms with Crippen LogP contribution in [0.2, 0.25) is 5.02 Å². The van der Waals surface area contributed by atoms with Crippen molar-refractivity contribution in [3.63, 3.8) is 0 Å². The highest BCUT2D eigenvalue weighted by atomic mass is 35.5. The van der Waals surface area contributed by atoms with Gasteiger partial charge in [0.1, 0.15) is 23.9 Å². The van der Waals surface area contributed by atoms with Crippen molar-refractivity contribution in [2.75, 3.05) is 13.2 Å². The van der Waals surface area contributed by atoms with Gasteiger partial charge in [-0.15, -0.1) is 11.3 Å². The summed E-state index contributed by atoms with van der Waals surface area (Å²) in [5, 5.41) is 41.9. The maximum atomic E-state index is 11.2. The Morgan fingerprint density at radius 2 is 2.03 bits per heavy atom. The Kier molecular flexibility index (Phi) is 6.17. The van der Waals surface area contributed by atoms with Gasteiger partial charge < -0.3 is 25.2 Å². The lowest BCUT2D eigenvalue weighted by Gasteiger charge is -2.45. The molecule has 1 aliphatic heterocycles. The van der Waals surface area contributed by atoms with Crippen molar-refractivity contribution >= 4 is 22.9 Å². The Labute approximate surface area is 182 Å². The van der Waals surface area contributed by atoms with Crippen molar-refractivity contribution in [1.82, 2.24) is 9.97 Å². The van der Waals surface area contributed by atoms with Crippen molar-refractivity contribution in [2.45, 2.75) is 30.3 Å². The predicted molar refractivity (Wildman–Crippen MR) is 112 cm³/mol. The second-order valence-electron chi connectivity index (χ2n) is 7.18. The fraction of sp³-hybridized carbons (Fsp3) is 0.333. The van der Waals surface area contributed by atoms with E-state index in [0.29, 0.717) is 17.0 Å². The number of nitrogens with zero attached hydrogens (tertiary/aromatic N) is 2. The first-order valence-electron chi connectivity index (χ1n) is 9.38. The van der Waals surface area contributed by atoms with Gasteiger partial charge in [0.25, 0.3) is 0 Å². The van der Waals surface area contributed by atoms with Crippen molar-refractivity contribution in [1.29, 1.82) is 0 Å². The number of aliphatic hydroxyl groups excluding tert-OH is 3. The minimum atomic E-state index is -1.97. The molecule has 3 aromatic rings. The Morgan fingerprint density at radius 3 is 2.77 bits per heavy atom. The highest BCUT2D eigenvalue weighted by Gasteiger charge is 2.52. The van der Waals surface area contributed by atoms with Crippen LogP contribution in [-0.2, 0) is 16.8 Å². The lowest BCUT2D eigenvalue weighted by Crippen LogP contribution is -2.61. The number of halogens is 1. The third kappa shape index (κ3) is 3.88. The average molecular weight is 449 g/mol. The van der Waals surface area contributed by atoms with Gasteiger partial charge in [0.15, 0.2) is 0 Å². The standard InChI is InChI=1S/C21H21ClN2O5S/c22-15-3-1-13(21(28)19(10-25)29-11-17(26)20(21)27)7-12(15)8-14-2-4-18(30-14)16-9-23-5-6-24-16/h1-7,9,17,19-20,25-28H,8,10-11H2/t17-,19+,20+,21-/m0/s1. The lowest BCUT2D eigenvalue weighted by atomic mass is 9.78. The van der Waals surface area contributed by atoms with Crippen molar-refractivity contribution in [2.24, 2.45) is 0 Å². The van der Waals surface area contributed by atoms with Crippen LogP contribution in [0.25, 0.3) is 10.6 Å². The van der Waals surface area contributed by atoms with Crippen LogP contribution < -0.4 is 0 Å². The fourth-order valence-corrected chi connectivity index (χ4v) is 4.83. The maximum Gasteiger partial charge on any atom is 0.146 e. The van der Waals surface area contributed by atoms with E-state index in [0.717, 1.165) is 21.0 Å². The van der Waals surface area contributed by atoms with Gasteiger partial charge in [0.2, 0.25) is 0 Å². The summed E-state index contributed by atoms with van der Waals surface area (Å²) in [7, 11) is 0. The molecule has 30 heavy (non-hydrogen) atoms. The van der Waals surface area contributed by atoms with Crippen molar-refractivity contribution < 1.29 is 25.2 Å². The number of ether oxygens (including phenoxy) is 1. The number of aliphatic hydroxyl groups is 4. The first kappa shape index (κ1) is 21.3. The van der Waals surface area contributed by atoms with E-state index in [1.807, 2.05) is 12.1 Å². The molecule has 158 valence electrons. The summed E-state index contributed by atoms with van der Waals surface area (Å²) in [4.78, 5) is 10.4. The summed E-state index contributed by atoms with van der Waals surface area (Å²) in [5.41, 5.74) is -0.131. The van der Waals surface area contributed by atoms with E-state index in [-0.39, 0.29) is 6.61 Å². The van der Waals surface area contributed by atoms with Crippen LogP contribution in [0.1, 0.15) is 16.0 Å². The zero-order chi connectivity index (χ0) is 21.3. The maximum absolute atomic E-state index is 11.2. The second-order valence-corrected chi connectivity index (χ2v) is 8.76.